The van der Waals surface area contributed by atoms with E-state index < -0.39 is 5.97 Å². The Morgan fingerprint density at radius 3 is 2.43 bits per heavy atom. The van der Waals surface area contributed by atoms with Crippen LogP contribution in [0.2, 0.25) is 10.0 Å². The fourth-order valence-electron chi connectivity index (χ4n) is 1.79. The molecule has 0 amide bonds. The third kappa shape index (κ3) is 12.3. The zero-order valence-electron chi connectivity index (χ0n) is 16.3. The van der Waals surface area contributed by atoms with Crippen molar-refractivity contribution in [2.24, 2.45) is 16.6 Å². The van der Waals surface area contributed by atoms with Crippen molar-refractivity contribution in [3.63, 3.8) is 0 Å². The summed E-state index contributed by atoms with van der Waals surface area (Å²) in [5.74, 6) is -0.121. The average Bonchev–Trinajstić information content (AvgIpc) is 2.69. The van der Waals surface area contributed by atoms with Crippen LogP contribution in [0.4, 0.5) is 0 Å². The van der Waals surface area contributed by atoms with Gasteiger partial charge in [-0.05, 0) is 54.4 Å². The van der Waals surface area contributed by atoms with E-state index in [1.807, 2.05) is 31.2 Å². The fraction of sp³-hybridized carbons (Fsp3) is 0.263. The molecule has 2 aromatic rings. The Balaban J connectivity index is 0.000000303. The van der Waals surface area contributed by atoms with Crippen LogP contribution >= 0.6 is 35.1 Å². The van der Waals surface area contributed by atoms with Crippen molar-refractivity contribution in [1.82, 2.24) is 4.72 Å². The summed E-state index contributed by atoms with van der Waals surface area (Å²) in [5, 5.41) is 12.7. The Labute approximate surface area is 189 Å². The van der Waals surface area contributed by atoms with Crippen LogP contribution in [0.25, 0.3) is 0 Å². The first kappa shape index (κ1) is 25.7. The minimum Gasteiger partial charge on any atom is -0.493 e. The van der Waals surface area contributed by atoms with Crippen LogP contribution in [0.3, 0.4) is 0 Å². The van der Waals surface area contributed by atoms with Crippen LogP contribution in [-0.4, -0.2) is 36.8 Å². The van der Waals surface area contributed by atoms with E-state index in [2.05, 4.69) is 9.88 Å². The molecule has 0 heterocycles. The molecule has 2 rings (SSSR count). The molecule has 8 nitrogen and oxygen atoms in total. The van der Waals surface area contributed by atoms with Crippen LogP contribution in [0.5, 0.6) is 5.75 Å². The Morgan fingerprint density at radius 2 is 1.83 bits per heavy atom. The van der Waals surface area contributed by atoms with Gasteiger partial charge >= 0.3 is 5.97 Å². The Hall–Kier alpha value is -2.33. The van der Waals surface area contributed by atoms with Gasteiger partial charge in [-0.1, -0.05) is 40.9 Å². The number of guanidine groups is 1. The van der Waals surface area contributed by atoms with E-state index in [1.54, 1.807) is 18.2 Å². The van der Waals surface area contributed by atoms with Gasteiger partial charge in [0.1, 0.15) is 18.9 Å². The molecule has 0 saturated carbocycles. The van der Waals surface area contributed by atoms with Crippen molar-refractivity contribution >= 4 is 47.1 Å². The molecule has 0 aliphatic rings. The summed E-state index contributed by atoms with van der Waals surface area (Å²) in [6, 6.07) is 13.0. The summed E-state index contributed by atoms with van der Waals surface area (Å²) in [6.45, 7) is 2.94. The first-order chi connectivity index (χ1) is 14.3. The highest BCUT2D eigenvalue weighted by Crippen LogP contribution is 2.26. The quantitative estimate of drug-likeness (QED) is 0.135. The van der Waals surface area contributed by atoms with Gasteiger partial charge in [0.25, 0.3) is 0 Å². The number of oxime groups is 1. The van der Waals surface area contributed by atoms with E-state index in [0.717, 1.165) is 17.1 Å². The van der Waals surface area contributed by atoms with Crippen LogP contribution in [0, 0.1) is 6.92 Å². The highest BCUT2D eigenvalue weighted by atomic mass is 35.5. The number of hydrogen-bond donors (Lipinski definition) is 4. The van der Waals surface area contributed by atoms with E-state index in [4.69, 9.17) is 49.4 Å². The molecular formula is C19H24Cl2N4O4S. The predicted molar refractivity (Wildman–Crippen MR) is 121 cm³/mol. The van der Waals surface area contributed by atoms with Gasteiger partial charge in [-0.25, -0.2) is 4.72 Å². The first-order valence-electron chi connectivity index (χ1n) is 8.75. The highest BCUT2D eigenvalue weighted by Gasteiger charge is 2.01. The van der Waals surface area contributed by atoms with Crippen LogP contribution in [0.1, 0.15) is 12.0 Å². The van der Waals surface area contributed by atoms with Crippen molar-refractivity contribution in [2.45, 2.75) is 18.2 Å². The lowest BCUT2D eigenvalue weighted by atomic mass is 10.2. The minimum atomic E-state index is -0.905. The van der Waals surface area contributed by atoms with Gasteiger partial charge in [0, 0.05) is 11.3 Å². The van der Waals surface area contributed by atoms with Crippen molar-refractivity contribution in [2.75, 3.05) is 19.8 Å². The maximum atomic E-state index is 10.2. The molecule has 6 N–H and O–H groups in total. The Kier molecular flexibility index (Phi) is 12.5. The number of nitrogens with zero attached hydrogens (tertiary/aromatic N) is 1. The number of benzene rings is 2. The maximum Gasteiger partial charge on any atom is 0.318 e. The van der Waals surface area contributed by atoms with Crippen molar-refractivity contribution in [1.29, 1.82) is 0 Å². The Morgan fingerprint density at radius 1 is 1.13 bits per heavy atom. The summed E-state index contributed by atoms with van der Waals surface area (Å²) in [6.07, 6.45) is 0.727. The van der Waals surface area contributed by atoms with Crippen molar-refractivity contribution < 1.29 is 19.5 Å². The number of rotatable bonds is 10. The lowest BCUT2D eigenvalue weighted by Gasteiger charge is -2.05. The number of carbonyl (C=O) groups is 1. The predicted octanol–water partition coefficient (Wildman–Crippen LogP) is 3.64. The molecule has 0 spiro atoms. The summed E-state index contributed by atoms with van der Waals surface area (Å²) < 4.78 is 8.14. The molecule has 2 aromatic carbocycles. The number of halogens is 2. The molecule has 0 atom stereocenters. The van der Waals surface area contributed by atoms with E-state index in [0.29, 0.717) is 23.3 Å². The molecular weight excluding hydrogens is 451 g/mol. The molecule has 0 unspecified atom stereocenters. The van der Waals surface area contributed by atoms with E-state index in [1.165, 1.54) is 17.5 Å². The summed E-state index contributed by atoms with van der Waals surface area (Å²) in [4.78, 5) is 15.8. The number of hydrogen-bond acceptors (Lipinski definition) is 6. The van der Waals surface area contributed by atoms with Crippen LogP contribution in [-0.2, 0) is 9.63 Å². The monoisotopic (exact) mass is 474 g/mol. The maximum absolute atomic E-state index is 10.2. The number of nitrogens with one attached hydrogen (secondary N) is 1. The van der Waals surface area contributed by atoms with Gasteiger partial charge < -0.3 is 26.1 Å². The zero-order chi connectivity index (χ0) is 22.4. The zero-order valence-corrected chi connectivity index (χ0v) is 18.6. The third-order valence-corrected chi connectivity index (χ3v) is 4.66. The second kappa shape index (κ2) is 14.6. The summed E-state index contributed by atoms with van der Waals surface area (Å²) >= 11 is 12.7. The molecule has 0 bridgehead atoms. The number of aryl methyl sites for hydroxylation is 1. The number of ether oxygens (including phenoxy) is 1. The molecule has 0 fully saturated rings. The van der Waals surface area contributed by atoms with Crippen molar-refractivity contribution in [3.8, 4) is 5.75 Å². The first-order valence-corrected chi connectivity index (χ1v) is 10.3. The standard InChI is InChI=1S/C11H17N3O2.C8H7Cl2NO2S/c1-9-3-5-10(6-4-9)15-7-2-8-16-14-11(12)13;9-6-2-1-5(3-7(6)10)14-11-4-8(12)13/h3-6H,2,7-8H2,1H3,(H4,12,13,14);1-3,11H,4H2,(H,12,13). The van der Waals surface area contributed by atoms with Gasteiger partial charge in [-0.2, -0.15) is 0 Å². The largest absolute Gasteiger partial charge is 0.493 e. The normalized spacial score (nSPS) is 9.83. The number of carboxylic acid groups (broad SMARTS) is 1. The average molecular weight is 475 g/mol. The van der Waals surface area contributed by atoms with Crippen LogP contribution in [0.15, 0.2) is 52.5 Å². The molecule has 0 aliphatic carbocycles. The molecule has 30 heavy (non-hydrogen) atoms. The second-order valence-electron chi connectivity index (χ2n) is 5.76. The van der Waals surface area contributed by atoms with Gasteiger partial charge in [0.15, 0.2) is 0 Å². The van der Waals surface area contributed by atoms with Gasteiger partial charge in [-0.3, -0.25) is 4.79 Å². The Bertz CT molecular complexity index is 819. The molecule has 0 aromatic heterocycles. The smallest absolute Gasteiger partial charge is 0.318 e. The van der Waals surface area contributed by atoms with Gasteiger partial charge in [0.2, 0.25) is 5.96 Å². The lowest BCUT2D eigenvalue weighted by Crippen LogP contribution is -2.23. The van der Waals surface area contributed by atoms with E-state index in [-0.39, 0.29) is 12.5 Å². The van der Waals surface area contributed by atoms with Gasteiger partial charge in [0.05, 0.1) is 16.7 Å². The fourth-order valence-corrected chi connectivity index (χ4v) is 2.83. The highest BCUT2D eigenvalue weighted by molar-refractivity contribution is 7.97. The molecule has 0 aliphatic heterocycles. The summed E-state index contributed by atoms with van der Waals surface area (Å²) in [7, 11) is 0. The molecule has 0 saturated heterocycles. The number of aliphatic carboxylic acids is 1. The van der Waals surface area contributed by atoms with Crippen LogP contribution < -0.4 is 20.9 Å². The summed E-state index contributed by atoms with van der Waals surface area (Å²) in [5.41, 5.74) is 11.4. The SMILES string of the molecule is Cc1ccc(OCCCON=C(N)N)cc1.O=C(O)CNSc1ccc(Cl)c(Cl)c1. The minimum absolute atomic E-state index is 0.0700. The van der Waals surface area contributed by atoms with E-state index >= 15 is 0 Å². The van der Waals surface area contributed by atoms with E-state index in [9.17, 15) is 4.79 Å². The molecule has 0 radical (unpaired) electrons. The molecule has 164 valence electrons. The topological polar surface area (TPSA) is 132 Å². The number of carboxylic acids is 1. The second-order valence-corrected chi connectivity index (χ2v) is 7.54. The third-order valence-electron chi connectivity index (χ3n) is 3.14. The van der Waals surface area contributed by atoms with Gasteiger partial charge in [-0.15, -0.1) is 0 Å². The number of nitrogens with two attached hydrogens (primary N) is 2. The molecule has 11 heteroatoms. The lowest BCUT2D eigenvalue weighted by molar-refractivity contribution is -0.135. The van der Waals surface area contributed by atoms with Crippen molar-refractivity contribution in [3.05, 3.63) is 58.1 Å².